The molecule has 2 aromatic carbocycles. The smallest absolute Gasteiger partial charge is 0.255 e. The maximum Gasteiger partial charge on any atom is 0.255 e. The van der Waals surface area contributed by atoms with Crippen molar-refractivity contribution in [2.24, 2.45) is 0 Å². The molecule has 1 atom stereocenters. The second kappa shape index (κ2) is 11.1. The van der Waals surface area contributed by atoms with Gasteiger partial charge in [0.05, 0.1) is 11.8 Å². The van der Waals surface area contributed by atoms with Crippen LogP contribution < -0.4 is 10.1 Å². The molecule has 1 aliphatic heterocycles. The van der Waals surface area contributed by atoms with Crippen molar-refractivity contribution < 1.29 is 28.2 Å². The van der Waals surface area contributed by atoms with E-state index in [9.17, 15) is 19.1 Å². The molecular formula is C31H31FN4O5. The number of carbonyl (C=O) groups is 2. The van der Waals surface area contributed by atoms with E-state index >= 15 is 0 Å². The summed E-state index contributed by atoms with van der Waals surface area (Å²) in [6, 6.07) is 13.2. The lowest BCUT2D eigenvalue weighted by Gasteiger charge is -2.22. The average molecular weight is 559 g/mol. The van der Waals surface area contributed by atoms with Crippen LogP contribution in [0.25, 0.3) is 16.5 Å². The topological polar surface area (TPSA) is 109 Å². The fourth-order valence-electron chi connectivity index (χ4n) is 5.22. The van der Waals surface area contributed by atoms with Gasteiger partial charge in [0.15, 0.2) is 12.0 Å². The van der Waals surface area contributed by atoms with Crippen LogP contribution in [0.1, 0.15) is 44.0 Å². The van der Waals surface area contributed by atoms with E-state index in [1.807, 2.05) is 14.0 Å². The third-order valence-corrected chi connectivity index (χ3v) is 7.40. The summed E-state index contributed by atoms with van der Waals surface area (Å²) in [7, 11) is 3.56. The average Bonchev–Trinajstić information content (AvgIpc) is 3.60. The van der Waals surface area contributed by atoms with Crippen LogP contribution in [-0.2, 0) is 5.60 Å². The van der Waals surface area contributed by atoms with Crippen molar-refractivity contribution in [3.8, 4) is 11.5 Å². The van der Waals surface area contributed by atoms with Crippen LogP contribution in [0.4, 0.5) is 4.39 Å². The van der Waals surface area contributed by atoms with Crippen molar-refractivity contribution in [1.29, 1.82) is 0 Å². The Bertz CT molecular complexity index is 1740. The summed E-state index contributed by atoms with van der Waals surface area (Å²) >= 11 is 0. The van der Waals surface area contributed by atoms with Gasteiger partial charge in [-0.1, -0.05) is 12.1 Å². The van der Waals surface area contributed by atoms with Gasteiger partial charge in [-0.2, -0.15) is 5.10 Å². The number of hydrogen-bond acceptors (Lipinski definition) is 7. The lowest BCUT2D eigenvalue weighted by atomic mass is 9.93. The Morgan fingerprint density at radius 2 is 1.95 bits per heavy atom. The monoisotopic (exact) mass is 558 g/mol. The fraction of sp³-hybridized carbons (Fsp3) is 0.258. The molecule has 212 valence electrons. The Morgan fingerprint density at radius 1 is 1.20 bits per heavy atom. The van der Waals surface area contributed by atoms with Crippen LogP contribution in [0.2, 0.25) is 0 Å². The first kappa shape index (κ1) is 28.0. The van der Waals surface area contributed by atoms with Crippen LogP contribution in [0.15, 0.2) is 65.3 Å². The van der Waals surface area contributed by atoms with Gasteiger partial charge in [0.2, 0.25) is 0 Å². The number of aliphatic hydroxyl groups is 1. The van der Waals surface area contributed by atoms with Crippen LogP contribution in [-0.4, -0.2) is 59.0 Å². The number of ether oxygens (including phenoxy) is 1. The number of nitrogens with zero attached hydrogens (tertiary/aromatic N) is 3. The molecule has 5 aromatic rings. The molecule has 3 aromatic heterocycles. The number of aromatic nitrogens is 2. The van der Waals surface area contributed by atoms with Gasteiger partial charge in [-0.3, -0.25) is 9.59 Å². The SMILES string of the molecule is CN1CCC(O)(c2ccc(F)cc2)C1.CNC(=O)c1c(C)oc2cc(Oc3ccnn4cc(C=O)c(C)c34)ccc12. The van der Waals surface area contributed by atoms with E-state index in [1.165, 1.54) is 12.1 Å². The Balaban J connectivity index is 0.000000202. The Kier molecular flexibility index (Phi) is 7.61. The second-order valence-electron chi connectivity index (χ2n) is 10.2. The second-order valence-corrected chi connectivity index (χ2v) is 10.2. The van der Waals surface area contributed by atoms with Crippen molar-refractivity contribution >= 4 is 28.7 Å². The molecular weight excluding hydrogens is 527 g/mol. The Morgan fingerprint density at radius 3 is 2.61 bits per heavy atom. The van der Waals surface area contributed by atoms with Gasteiger partial charge in [-0.15, -0.1) is 0 Å². The third-order valence-electron chi connectivity index (χ3n) is 7.40. The zero-order chi connectivity index (χ0) is 29.3. The lowest BCUT2D eigenvalue weighted by molar-refractivity contribution is 0.0488. The summed E-state index contributed by atoms with van der Waals surface area (Å²) in [4.78, 5) is 25.3. The van der Waals surface area contributed by atoms with Gasteiger partial charge < -0.3 is 24.5 Å². The number of carbonyl (C=O) groups excluding carboxylic acids is 2. The number of halogens is 1. The predicted octanol–water partition coefficient (Wildman–Crippen LogP) is 5.01. The maximum atomic E-state index is 12.7. The molecule has 1 saturated heterocycles. The van der Waals surface area contributed by atoms with E-state index in [4.69, 9.17) is 9.15 Å². The van der Waals surface area contributed by atoms with E-state index in [0.717, 1.165) is 41.3 Å². The molecule has 0 saturated carbocycles. The molecule has 10 heteroatoms. The van der Waals surface area contributed by atoms with E-state index in [2.05, 4.69) is 15.3 Å². The molecule has 41 heavy (non-hydrogen) atoms. The number of aryl methyl sites for hydroxylation is 2. The summed E-state index contributed by atoms with van der Waals surface area (Å²) in [5.41, 5.74) is 3.18. The maximum absolute atomic E-state index is 12.7. The van der Waals surface area contributed by atoms with E-state index in [1.54, 1.807) is 67.3 Å². The number of fused-ring (bicyclic) bond motifs is 2. The zero-order valence-electron chi connectivity index (χ0n) is 23.3. The van der Waals surface area contributed by atoms with E-state index < -0.39 is 5.60 Å². The van der Waals surface area contributed by atoms with Crippen molar-refractivity contribution in [2.45, 2.75) is 25.9 Å². The highest BCUT2D eigenvalue weighted by molar-refractivity contribution is 6.07. The number of aldehydes is 1. The van der Waals surface area contributed by atoms with Crippen molar-refractivity contribution in [2.75, 3.05) is 27.2 Å². The van der Waals surface area contributed by atoms with Crippen molar-refractivity contribution in [1.82, 2.24) is 19.8 Å². The minimum absolute atomic E-state index is 0.194. The van der Waals surface area contributed by atoms with Crippen LogP contribution in [0.3, 0.4) is 0 Å². The molecule has 2 N–H and O–H groups in total. The quantitative estimate of drug-likeness (QED) is 0.292. The molecule has 0 bridgehead atoms. The molecule has 0 radical (unpaired) electrons. The lowest BCUT2D eigenvalue weighted by Crippen LogP contribution is -2.29. The zero-order valence-corrected chi connectivity index (χ0v) is 23.3. The first-order valence-corrected chi connectivity index (χ1v) is 13.2. The molecule has 1 unspecified atom stereocenters. The number of benzene rings is 2. The summed E-state index contributed by atoms with van der Waals surface area (Å²) < 4.78 is 26.1. The highest BCUT2D eigenvalue weighted by atomic mass is 19.1. The van der Waals surface area contributed by atoms with Gasteiger partial charge in [0, 0.05) is 49.4 Å². The third kappa shape index (κ3) is 5.44. The van der Waals surface area contributed by atoms with Crippen LogP contribution in [0.5, 0.6) is 11.5 Å². The summed E-state index contributed by atoms with van der Waals surface area (Å²) in [5, 5.41) is 17.8. The standard InChI is InChI=1S/C20H17N3O4.C11H14FNO/c1-11-13(10-24)9-23-19(11)16(6-7-22-23)27-14-4-5-15-17(8-14)26-12(2)18(15)20(25)21-3;1-13-7-6-11(14,8-13)9-2-4-10(12)5-3-9/h4-10H,1-3H3,(H,21,25);2-5,14H,6-8H2,1H3. The molecule has 0 spiro atoms. The Labute approximate surface area is 236 Å². The van der Waals surface area contributed by atoms with Gasteiger partial charge >= 0.3 is 0 Å². The summed E-state index contributed by atoms with van der Waals surface area (Å²) in [6.45, 7) is 5.11. The van der Waals surface area contributed by atoms with Gasteiger partial charge in [-0.05, 0) is 62.7 Å². The van der Waals surface area contributed by atoms with Gasteiger partial charge in [0.1, 0.15) is 34.0 Å². The van der Waals surface area contributed by atoms with Gasteiger partial charge in [-0.25, -0.2) is 8.91 Å². The summed E-state index contributed by atoms with van der Waals surface area (Å²) in [6.07, 6.45) is 4.79. The number of amides is 1. The minimum Gasteiger partial charge on any atom is -0.460 e. The number of hydrogen-bond donors (Lipinski definition) is 2. The van der Waals surface area contributed by atoms with Crippen molar-refractivity contribution in [3.63, 3.8) is 0 Å². The van der Waals surface area contributed by atoms with Gasteiger partial charge in [0.25, 0.3) is 5.91 Å². The van der Waals surface area contributed by atoms with E-state index in [-0.39, 0.29) is 11.7 Å². The molecule has 1 aliphatic rings. The van der Waals surface area contributed by atoms with E-state index in [0.29, 0.717) is 40.5 Å². The van der Waals surface area contributed by atoms with Crippen LogP contribution in [0, 0.1) is 19.7 Å². The number of furan rings is 1. The largest absolute Gasteiger partial charge is 0.460 e. The molecule has 4 heterocycles. The molecule has 0 aliphatic carbocycles. The van der Waals surface area contributed by atoms with Crippen molar-refractivity contribution in [3.05, 3.63) is 94.8 Å². The normalized spacial score (nSPS) is 16.9. The number of likely N-dealkylation sites (N-methyl/N-ethyl adjacent to an activating group) is 1. The fourth-order valence-corrected chi connectivity index (χ4v) is 5.22. The van der Waals surface area contributed by atoms with Crippen LogP contribution >= 0.6 is 0 Å². The molecule has 9 nitrogen and oxygen atoms in total. The molecule has 1 amide bonds. The Hall–Kier alpha value is -4.54. The number of nitrogens with one attached hydrogen (secondary N) is 1. The first-order valence-electron chi connectivity index (χ1n) is 13.2. The number of β-amino-alcohol motifs (C(OH)–C–C–N with tert-alkyl or cyclic N) is 1. The highest BCUT2D eigenvalue weighted by Gasteiger charge is 2.35. The minimum atomic E-state index is -0.789. The predicted molar refractivity (Wildman–Crippen MR) is 152 cm³/mol. The summed E-state index contributed by atoms with van der Waals surface area (Å²) in [5.74, 6) is 1.22. The molecule has 1 fully saturated rings. The number of likely N-dealkylation sites (tertiary alicyclic amines) is 1. The highest BCUT2D eigenvalue weighted by Crippen LogP contribution is 2.34. The first-order chi connectivity index (χ1) is 19.6. The molecule has 6 rings (SSSR count). The number of rotatable bonds is 5.